The molecule has 0 radical (unpaired) electrons. The zero-order chi connectivity index (χ0) is 15.4. The maximum absolute atomic E-state index is 13.0. The number of anilines is 1. The van der Waals surface area contributed by atoms with Gasteiger partial charge in [0.15, 0.2) is 6.61 Å². The van der Waals surface area contributed by atoms with Gasteiger partial charge in [-0.1, -0.05) is 29.3 Å². The van der Waals surface area contributed by atoms with Gasteiger partial charge >= 0.3 is 0 Å². The van der Waals surface area contributed by atoms with Crippen molar-refractivity contribution in [2.45, 2.75) is 13.8 Å². The molecule has 0 aromatic heterocycles. The van der Waals surface area contributed by atoms with E-state index < -0.39 is 5.82 Å². The fourth-order valence-electron chi connectivity index (χ4n) is 1.88. The molecule has 0 bridgehead atoms. The molecule has 0 aliphatic rings. The number of nitrogens with one attached hydrogen (secondary N) is 1. The van der Waals surface area contributed by atoms with Gasteiger partial charge in [0, 0.05) is 5.69 Å². The predicted octanol–water partition coefficient (Wildman–Crippen LogP) is 4.11. The van der Waals surface area contributed by atoms with Crippen LogP contribution < -0.4 is 10.1 Å². The van der Waals surface area contributed by atoms with E-state index in [4.69, 9.17) is 16.3 Å². The number of halogens is 2. The Bertz CT molecular complexity index is 673. The SMILES string of the molecule is Cc1ccc(OCC(=O)Nc2ccc(F)c(Cl)c2)c(C)c1. The Hall–Kier alpha value is -2.07. The fraction of sp³-hybridized carbons (Fsp3) is 0.188. The third-order valence-electron chi connectivity index (χ3n) is 2.89. The second-order valence-corrected chi connectivity index (χ2v) is 5.14. The van der Waals surface area contributed by atoms with Crippen LogP contribution in [-0.4, -0.2) is 12.5 Å². The molecule has 0 aliphatic heterocycles. The van der Waals surface area contributed by atoms with E-state index in [0.29, 0.717) is 11.4 Å². The minimum Gasteiger partial charge on any atom is -0.483 e. The molecule has 5 heteroatoms. The lowest BCUT2D eigenvalue weighted by Gasteiger charge is -2.10. The van der Waals surface area contributed by atoms with Crippen LogP contribution in [0.5, 0.6) is 5.75 Å². The van der Waals surface area contributed by atoms with E-state index in [0.717, 1.165) is 11.1 Å². The quantitative estimate of drug-likeness (QED) is 0.923. The summed E-state index contributed by atoms with van der Waals surface area (Å²) in [6.07, 6.45) is 0. The number of hydrogen-bond donors (Lipinski definition) is 1. The molecule has 21 heavy (non-hydrogen) atoms. The maximum atomic E-state index is 13.0. The highest BCUT2D eigenvalue weighted by Crippen LogP contribution is 2.20. The number of ether oxygens (including phenoxy) is 1. The molecular formula is C16H15ClFNO2. The van der Waals surface area contributed by atoms with E-state index in [1.54, 1.807) is 0 Å². The van der Waals surface area contributed by atoms with Gasteiger partial charge in [0.05, 0.1) is 5.02 Å². The van der Waals surface area contributed by atoms with E-state index >= 15 is 0 Å². The van der Waals surface area contributed by atoms with Crippen LogP contribution in [0.2, 0.25) is 5.02 Å². The molecule has 0 atom stereocenters. The van der Waals surface area contributed by atoms with Crippen molar-refractivity contribution in [2.24, 2.45) is 0 Å². The first-order chi connectivity index (χ1) is 9.95. The second kappa shape index (κ2) is 6.59. The van der Waals surface area contributed by atoms with Gasteiger partial charge in [-0.15, -0.1) is 0 Å². The maximum Gasteiger partial charge on any atom is 0.262 e. The minimum absolute atomic E-state index is 0.0388. The van der Waals surface area contributed by atoms with E-state index in [1.165, 1.54) is 18.2 Å². The molecule has 0 saturated heterocycles. The Morgan fingerprint density at radius 2 is 2.00 bits per heavy atom. The Morgan fingerprint density at radius 3 is 2.67 bits per heavy atom. The summed E-state index contributed by atoms with van der Waals surface area (Å²) >= 11 is 5.65. The number of amides is 1. The number of rotatable bonds is 4. The molecule has 0 fully saturated rings. The Morgan fingerprint density at radius 1 is 1.24 bits per heavy atom. The normalized spacial score (nSPS) is 10.3. The average molecular weight is 308 g/mol. The van der Waals surface area contributed by atoms with Crippen LogP contribution in [0.25, 0.3) is 0 Å². The molecule has 0 aliphatic carbocycles. The van der Waals surface area contributed by atoms with Gasteiger partial charge in [-0.05, 0) is 43.7 Å². The zero-order valence-corrected chi connectivity index (χ0v) is 12.5. The zero-order valence-electron chi connectivity index (χ0n) is 11.7. The second-order valence-electron chi connectivity index (χ2n) is 4.73. The van der Waals surface area contributed by atoms with Gasteiger partial charge in [-0.3, -0.25) is 4.79 Å². The van der Waals surface area contributed by atoms with Crippen molar-refractivity contribution in [3.8, 4) is 5.75 Å². The van der Waals surface area contributed by atoms with Crippen LogP contribution in [0, 0.1) is 19.7 Å². The molecule has 2 aromatic carbocycles. The van der Waals surface area contributed by atoms with Crippen molar-refractivity contribution in [1.29, 1.82) is 0 Å². The number of carbonyl (C=O) groups is 1. The van der Waals surface area contributed by atoms with Gasteiger partial charge in [0.2, 0.25) is 0 Å². The van der Waals surface area contributed by atoms with Gasteiger partial charge in [0.1, 0.15) is 11.6 Å². The molecule has 1 N–H and O–H groups in total. The number of aryl methyl sites for hydroxylation is 2. The summed E-state index contributed by atoms with van der Waals surface area (Å²) in [6.45, 7) is 3.78. The topological polar surface area (TPSA) is 38.3 Å². The highest BCUT2D eigenvalue weighted by atomic mass is 35.5. The molecule has 2 aromatic rings. The van der Waals surface area contributed by atoms with Gasteiger partial charge < -0.3 is 10.1 Å². The molecule has 110 valence electrons. The van der Waals surface area contributed by atoms with Crippen molar-refractivity contribution in [3.05, 3.63) is 58.4 Å². The molecule has 1 amide bonds. The Labute approximate surface area is 127 Å². The lowest BCUT2D eigenvalue weighted by molar-refractivity contribution is -0.118. The lowest BCUT2D eigenvalue weighted by atomic mass is 10.1. The van der Waals surface area contributed by atoms with E-state index in [9.17, 15) is 9.18 Å². The van der Waals surface area contributed by atoms with Gasteiger partial charge in [-0.25, -0.2) is 4.39 Å². The predicted molar refractivity (Wildman–Crippen MR) is 81.5 cm³/mol. The number of hydrogen-bond acceptors (Lipinski definition) is 2. The molecule has 2 rings (SSSR count). The first kappa shape index (κ1) is 15.3. The van der Waals surface area contributed by atoms with Crippen molar-refractivity contribution >= 4 is 23.2 Å². The highest BCUT2D eigenvalue weighted by molar-refractivity contribution is 6.31. The third-order valence-corrected chi connectivity index (χ3v) is 3.18. The van der Waals surface area contributed by atoms with Crippen LogP contribution in [0.4, 0.5) is 10.1 Å². The monoisotopic (exact) mass is 307 g/mol. The van der Waals surface area contributed by atoms with Crippen molar-refractivity contribution < 1.29 is 13.9 Å². The summed E-state index contributed by atoms with van der Waals surface area (Å²) in [6, 6.07) is 9.71. The number of carbonyl (C=O) groups excluding carboxylic acids is 1. The van der Waals surface area contributed by atoms with Crippen molar-refractivity contribution in [1.82, 2.24) is 0 Å². The molecule has 0 heterocycles. The van der Waals surface area contributed by atoms with Crippen LogP contribution in [0.15, 0.2) is 36.4 Å². The summed E-state index contributed by atoms with van der Waals surface area (Å²) in [5, 5.41) is 2.56. The summed E-state index contributed by atoms with van der Waals surface area (Å²) in [4.78, 5) is 11.8. The molecular weight excluding hydrogens is 293 g/mol. The van der Waals surface area contributed by atoms with Gasteiger partial charge in [-0.2, -0.15) is 0 Å². The summed E-state index contributed by atoms with van der Waals surface area (Å²) in [5.74, 6) is -0.202. The summed E-state index contributed by atoms with van der Waals surface area (Å²) in [5.41, 5.74) is 2.52. The van der Waals surface area contributed by atoms with E-state index in [1.807, 2.05) is 32.0 Å². The highest BCUT2D eigenvalue weighted by Gasteiger charge is 2.07. The fourth-order valence-corrected chi connectivity index (χ4v) is 2.06. The minimum atomic E-state index is -0.527. The number of benzene rings is 2. The van der Waals surface area contributed by atoms with E-state index in [2.05, 4.69) is 5.32 Å². The first-order valence-electron chi connectivity index (χ1n) is 6.40. The summed E-state index contributed by atoms with van der Waals surface area (Å²) < 4.78 is 18.5. The molecule has 0 saturated carbocycles. The van der Waals surface area contributed by atoms with Crippen molar-refractivity contribution in [2.75, 3.05) is 11.9 Å². The van der Waals surface area contributed by atoms with Crippen LogP contribution in [-0.2, 0) is 4.79 Å². The lowest BCUT2D eigenvalue weighted by Crippen LogP contribution is -2.20. The Balaban J connectivity index is 1.94. The van der Waals surface area contributed by atoms with Crippen LogP contribution >= 0.6 is 11.6 Å². The van der Waals surface area contributed by atoms with E-state index in [-0.39, 0.29) is 17.5 Å². The van der Waals surface area contributed by atoms with Crippen LogP contribution in [0.1, 0.15) is 11.1 Å². The first-order valence-corrected chi connectivity index (χ1v) is 6.78. The summed E-state index contributed by atoms with van der Waals surface area (Å²) in [7, 11) is 0. The molecule has 0 spiro atoms. The molecule has 0 unspecified atom stereocenters. The third kappa shape index (κ3) is 4.20. The van der Waals surface area contributed by atoms with Gasteiger partial charge in [0.25, 0.3) is 5.91 Å². The van der Waals surface area contributed by atoms with Crippen LogP contribution in [0.3, 0.4) is 0 Å². The average Bonchev–Trinajstić information content (AvgIpc) is 2.42. The molecule has 3 nitrogen and oxygen atoms in total. The Kier molecular flexibility index (Phi) is 4.81. The largest absolute Gasteiger partial charge is 0.483 e. The van der Waals surface area contributed by atoms with Crippen molar-refractivity contribution in [3.63, 3.8) is 0 Å². The standard InChI is InChI=1S/C16H15ClFNO2/c1-10-3-6-15(11(2)7-10)21-9-16(20)19-12-4-5-14(18)13(17)8-12/h3-8H,9H2,1-2H3,(H,19,20). The smallest absolute Gasteiger partial charge is 0.262 e.